The Morgan fingerprint density at radius 3 is 2.68 bits per heavy atom. The molecule has 0 saturated heterocycles. The van der Waals surface area contributed by atoms with E-state index in [0.717, 1.165) is 32.6 Å². The lowest BCUT2D eigenvalue weighted by Crippen LogP contribution is -1.94. The predicted octanol–water partition coefficient (Wildman–Crippen LogP) is 4.29. The molecule has 0 N–H and O–H groups in total. The molecule has 0 spiro atoms. The van der Waals surface area contributed by atoms with Crippen molar-refractivity contribution in [1.82, 2.24) is 0 Å². The minimum absolute atomic E-state index is 0.553. The van der Waals surface area contributed by atoms with Gasteiger partial charge in [-0.05, 0) is 35.2 Å². The summed E-state index contributed by atoms with van der Waals surface area (Å²) in [7, 11) is 0. The fourth-order valence-electron chi connectivity index (χ4n) is 1.93. The third kappa shape index (κ3) is 2.66. The van der Waals surface area contributed by atoms with Gasteiger partial charge in [0.1, 0.15) is 12.4 Å². The van der Waals surface area contributed by atoms with E-state index in [0.29, 0.717) is 6.61 Å². The molecule has 0 fully saturated rings. The molecule has 0 atom stereocenters. The van der Waals surface area contributed by atoms with Crippen LogP contribution in [0, 0.1) is 0 Å². The zero-order chi connectivity index (χ0) is 13.1. The second-order valence-corrected chi connectivity index (χ2v) is 5.36. The minimum Gasteiger partial charge on any atom is -0.489 e. The Kier molecular flexibility index (Phi) is 3.29. The second kappa shape index (κ2) is 5.24. The topological polar surface area (TPSA) is 26.3 Å². The highest BCUT2D eigenvalue weighted by Gasteiger charge is 2.03. The van der Waals surface area contributed by atoms with E-state index >= 15 is 0 Å². The van der Waals surface area contributed by atoms with Gasteiger partial charge in [-0.15, -0.1) is 11.3 Å². The first kappa shape index (κ1) is 11.9. The van der Waals surface area contributed by atoms with Gasteiger partial charge in [0.05, 0.1) is 4.88 Å². The molecule has 2 aromatic carbocycles. The summed E-state index contributed by atoms with van der Waals surface area (Å²) < 4.78 is 6.87. The molecule has 0 amide bonds. The van der Waals surface area contributed by atoms with Crippen molar-refractivity contribution in [3.05, 3.63) is 65.0 Å². The largest absolute Gasteiger partial charge is 0.489 e. The van der Waals surface area contributed by atoms with Crippen LogP contribution >= 0.6 is 11.3 Å². The fraction of sp³-hybridized carbons (Fsp3) is 0.0625. The van der Waals surface area contributed by atoms with Crippen molar-refractivity contribution in [2.75, 3.05) is 0 Å². The molecule has 19 heavy (non-hydrogen) atoms. The van der Waals surface area contributed by atoms with Crippen LogP contribution in [0.2, 0.25) is 0 Å². The normalized spacial score (nSPS) is 10.5. The van der Waals surface area contributed by atoms with Gasteiger partial charge in [-0.1, -0.05) is 30.3 Å². The van der Waals surface area contributed by atoms with Crippen molar-refractivity contribution in [1.29, 1.82) is 0 Å². The number of rotatable bonds is 4. The maximum absolute atomic E-state index is 10.8. The number of aldehydes is 1. The summed E-state index contributed by atoms with van der Waals surface area (Å²) >= 11 is 1.50. The van der Waals surface area contributed by atoms with E-state index in [4.69, 9.17) is 4.74 Å². The number of hydrogen-bond acceptors (Lipinski definition) is 3. The van der Waals surface area contributed by atoms with Crippen LogP contribution in [-0.2, 0) is 6.61 Å². The van der Waals surface area contributed by atoms with Crippen LogP contribution in [-0.4, -0.2) is 6.29 Å². The van der Waals surface area contributed by atoms with Crippen molar-refractivity contribution in [2.45, 2.75) is 6.61 Å². The van der Waals surface area contributed by atoms with Gasteiger partial charge in [-0.25, -0.2) is 0 Å². The van der Waals surface area contributed by atoms with Crippen LogP contribution < -0.4 is 4.74 Å². The van der Waals surface area contributed by atoms with Gasteiger partial charge in [0.25, 0.3) is 0 Å². The number of hydrogen-bond donors (Lipinski definition) is 0. The smallest absolute Gasteiger partial charge is 0.160 e. The van der Waals surface area contributed by atoms with Crippen molar-refractivity contribution in [2.24, 2.45) is 0 Å². The molecule has 3 rings (SSSR count). The lowest BCUT2D eigenvalue weighted by Gasteiger charge is -2.06. The van der Waals surface area contributed by atoms with E-state index in [9.17, 15) is 4.79 Å². The number of carbonyl (C=O) groups is 1. The highest BCUT2D eigenvalue weighted by molar-refractivity contribution is 7.20. The number of ether oxygens (including phenoxy) is 1. The molecule has 0 bridgehead atoms. The summed E-state index contributed by atoms with van der Waals surface area (Å²) in [5.74, 6) is 0.826. The Morgan fingerprint density at radius 1 is 1.05 bits per heavy atom. The van der Waals surface area contributed by atoms with Crippen molar-refractivity contribution < 1.29 is 9.53 Å². The van der Waals surface area contributed by atoms with Gasteiger partial charge in [-0.3, -0.25) is 4.79 Å². The highest BCUT2D eigenvalue weighted by atomic mass is 32.1. The lowest BCUT2D eigenvalue weighted by atomic mass is 10.2. The third-order valence-electron chi connectivity index (χ3n) is 2.87. The van der Waals surface area contributed by atoms with Crippen LogP contribution in [0.5, 0.6) is 5.75 Å². The molecule has 0 aliphatic heterocycles. The van der Waals surface area contributed by atoms with E-state index in [-0.39, 0.29) is 0 Å². The SMILES string of the molecule is O=Cc1cc2cc(OCc3ccccc3)ccc2s1. The average molecular weight is 268 g/mol. The highest BCUT2D eigenvalue weighted by Crippen LogP contribution is 2.28. The molecule has 3 heteroatoms. The molecule has 1 heterocycles. The summed E-state index contributed by atoms with van der Waals surface area (Å²) in [6.45, 7) is 0.553. The molecular weight excluding hydrogens is 256 g/mol. The molecular formula is C16H12O2S. The molecule has 2 nitrogen and oxygen atoms in total. The lowest BCUT2D eigenvalue weighted by molar-refractivity contribution is 0.112. The van der Waals surface area contributed by atoms with Gasteiger partial charge >= 0.3 is 0 Å². The van der Waals surface area contributed by atoms with Gasteiger partial charge in [0, 0.05) is 4.70 Å². The van der Waals surface area contributed by atoms with Crippen LogP contribution in [0.3, 0.4) is 0 Å². The van der Waals surface area contributed by atoms with E-state index < -0.39 is 0 Å². The summed E-state index contributed by atoms with van der Waals surface area (Å²) in [6.07, 6.45) is 0.884. The van der Waals surface area contributed by atoms with E-state index in [2.05, 4.69) is 0 Å². The molecule has 1 aromatic heterocycles. The number of benzene rings is 2. The predicted molar refractivity (Wildman–Crippen MR) is 78.0 cm³/mol. The van der Waals surface area contributed by atoms with Crippen molar-refractivity contribution >= 4 is 27.7 Å². The van der Waals surface area contributed by atoms with Gasteiger partial charge in [0.2, 0.25) is 0 Å². The number of fused-ring (bicyclic) bond motifs is 1. The summed E-state index contributed by atoms with van der Waals surface area (Å²) in [4.78, 5) is 11.5. The first-order valence-corrected chi connectivity index (χ1v) is 6.82. The van der Waals surface area contributed by atoms with Gasteiger partial charge in [0.15, 0.2) is 6.29 Å². The molecule has 0 aliphatic carbocycles. The summed E-state index contributed by atoms with van der Waals surface area (Å²) in [6, 6.07) is 17.9. The van der Waals surface area contributed by atoms with Crippen molar-refractivity contribution in [3.8, 4) is 5.75 Å². The van der Waals surface area contributed by atoms with E-state index in [1.807, 2.05) is 54.6 Å². The Bertz CT molecular complexity index is 701. The van der Waals surface area contributed by atoms with Crippen LogP contribution in [0.1, 0.15) is 15.2 Å². The second-order valence-electron chi connectivity index (χ2n) is 4.24. The molecule has 0 saturated carbocycles. The molecule has 0 radical (unpaired) electrons. The zero-order valence-corrected chi connectivity index (χ0v) is 11.0. The Hall–Kier alpha value is -2.13. The van der Waals surface area contributed by atoms with E-state index in [1.54, 1.807) is 0 Å². The Balaban J connectivity index is 1.79. The van der Waals surface area contributed by atoms with E-state index in [1.165, 1.54) is 11.3 Å². The maximum Gasteiger partial charge on any atom is 0.160 e. The van der Waals surface area contributed by atoms with Crippen molar-refractivity contribution in [3.63, 3.8) is 0 Å². The first-order chi connectivity index (χ1) is 9.35. The monoisotopic (exact) mass is 268 g/mol. The Labute approximate surface area is 115 Å². The quantitative estimate of drug-likeness (QED) is 0.660. The average Bonchev–Trinajstić information content (AvgIpc) is 2.88. The van der Waals surface area contributed by atoms with Gasteiger partial charge in [-0.2, -0.15) is 0 Å². The van der Waals surface area contributed by atoms with Crippen LogP contribution in [0.25, 0.3) is 10.1 Å². The van der Waals surface area contributed by atoms with Gasteiger partial charge < -0.3 is 4.74 Å². The number of thiophene rings is 1. The fourth-order valence-corrected chi connectivity index (χ4v) is 2.79. The molecule has 3 aromatic rings. The summed E-state index contributed by atoms with van der Waals surface area (Å²) in [5, 5.41) is 1.05. The molecule has 0 unspecified atom stereocenters. The van der Waals surface area contributed by atoms with Crippen LogP contribution in [0.15, 0.2) is 54.6 Å². The first-order valence-electron chi connectivity index (χ1n) is 6.01. The third-order valence-corrected chi connectivity index (χ3v) is 3.91. The molecule has 0 aliphatic rings. The summed E-state index contributed by atoms with van der Waals surface area (Å²) in [5.41, 5.74) is 1.14. The standard InChI is InChI=1S/C16H12O2S/c17-10-15-9-13-8-14(6-7-16(13)19-15)18-11-12-4-2-1-3-5-12/h1-10H,11H2. The molecule has 94 valence electrons. The maximum atomic E-state index is 10.8. The minimum atomic E-state index is 0.553. The van der Waals surface area contributed by atoms with Crippen LogP contribution in [0.4, 0.5) is 0 Å². The Morgan fingerprint density at radius 2 is 1.89 bits per heavy atom. The number of carbonyl (C=O) groups excluding carboxylic acids is 1. The zero-order valence-electron chi connectivity index (χ0n) is 10.2.